The van der Waals surface area contributed by atoms with Crippen LogP contribution in [0.1, 0.15) is 24.2 Å². The van der Waals surface area contributed by atoms with Crippen molar-refractivity contribution in [1.82, 2.24) is 14.7 Å². The lowest BCUT2D eigenvalue weighted by atomic mass is 10.1. The van der Waals surface area contributed by atoms with Crippen molar-refractivity contribution in [1.29, 1.82) is 0 Å². The highest BCUT2D eigenvalue weighted by atomic mass is 16.5. The van der Waals surface area contributed by atoms with Gasteiger partial charge in [0.05, 0.1) is 19.3 Å². The van der Waals surface area contributed by atoms with E-state index in [9.17, 15) is 4.79 Å². The number of carbonyl (C=O) groups is 1. The summed E-state index contributed by atoms with van der Waals surface area (Å²) >= 11 is 0. The Balaban J connectivity index is 2.01. The van der Waals surface area contributed by atoms with Gasteiger partial charge in [-0.05, 0) is 27.0 Å². The molecule has 2 aromatic rings. The van der Waals surface area contributed by atoms with E-state index in [1.54, 1.807) is 11.8 Å². The first-order valence-corrected chi connectivity index (χ1v) is 7.56. The number of benzene rings is 1. The highest BCUT2D eigenvalue weighted by Gasteiger charge is 2.18. The van der Waals surface area contributed by atoms with Gasteiger partial charge in [0.15, 0.2) is 0 Å². The first-order valence-electron chi connectivity index (χ1n) is 7.56. The van der Waals surface area contributed by atoms with Crippen LogP contribution in [0.3, 0.4) is 0 Å². The summed E-state index contributed by atoms with van der Waals surface area (Å²) in [6.45, 7) is 4.23. The summed E-state index contributed by atoms with van der Waals surface area (Å²) in [5.41, 5.74) is 1.93. The molecule has 1 aromatic carbocycles. The number of carbonyl (C=O) groups excluding carboxylic acids is 1. The largest absolute Gasteiger partial charge is 0.496 e. The molecule has 1 amide bonds. The van der Waals surface area contributed by atoms with Crippen LogP contribution in [0.5, 0.6) is 5.75 Å². The zero-order valence-electron chi connectivity index (χ0n) is 14.3. The monoisotopic (exact) mass is 316 g/mol. The summed E-state index contributed by atoms with van der Waals surface area (Å²) in [6, 6.07) is 9.76. The van der Waals surface area contributed by atoms with Crippen LogP contribution in [0.25, 0.3) is 0 Å². The first-order chi connectivity index (χ1) is 10.9. The Morgan fingerprint density at radius 2 is 2.13 bits per heavy atom. The summed E-state index contributed by atoms with van der Waals surface area (Å²) in [4.78, 5) is 14.2. The summed E-state index contributed by atoms with van der Waals surface area (Å²) in [7, 11) is 5.39. The lowest BCUT2D eigenvalue weighted by molar-refractivity contribution is -0.117. The molecule has 0 saturated carbocycles. The topological polar surface area (TPSA) is 59.4 Å². The van der Waals surface area contributed by atoms with Crippen molar-refractivity contribution in [2.75, 3.05) is 26.0 Å². The number of nitrogens with one attached hydrogen (secondary N) is 1. The SMILES string of the molecule is COc1ccccc1[C@H](C)N(C)CC(=O)Nc1cc(C)nn1C. The normalized spacial score (nSPS) is 12.3. The number of para-hydroxylation sites is 1. The molecule has 0 bridgehead atoms. The first kappa shape index (κ1) is 17.0. The fraction of sp³-hybridized carbons (Fsp3) is 0.412. The molecule has 6 nitrogen and oxygen atoms in total. The van der Waals surface area contributed by atoms with Crippen LogP contribution in [0.4, 0.5) is 5.82 Å². The molecule has 1 heterocycles. The summed E-state index contributed by atoms with van der Waals surface area (Å²) in [5.74, 6) is 1.46. The average Bonchev–Trinajstić information content (AvgIpc) is 2.83. The van der Waals surface area contributed by atoms with Crippen LogP contribution in [-0.2, 0) is 11.8 Å². The Bertz CT molecular complexity index is 681. The van der Waals surface area contributed by atoms with E-state index in [1.807, 2.05) is 56.3 Å². The minimum atomic E-state index is -0.0720. The molecule has 0 saturated heterocycles. The van der Waals surface area contributed by atoms with Gasteiger partial charge in [-0.25, -0.2) is 0 Å². The lowest BCUT2D eigenvalue weighted by Gasteiger charge is -2.25. The van der Waals surface area contributed by atoms with E-state index < -0.39 is 0 Å². The zero-order chi connectivity index (χ0) is 17.0. The lowest BCUT2D eigenvalue weighted by Crippen LogP contribution is -2.32. The maximum Gasteiger partial charge on any atom is 0.239 e. The second kappa shape index (κ2) is 7.28. The molecule has 0 aliphatic rings. The van der Waals surface area contributed by atoms with Crippen LogP contribution in [0.2, 0.25) is 0 Å². The minimum absolute atomic E-state index is 0.0603. The quantitative estimate of drug-likeness (QED) is 0.889. The van der Waals surface area contributed by atoms with Crippen LogP contribution < -0.4 is 10.1 Å². The molecule has 0 aliphatic carbocycles. The molecule has 23 heavy (non-hydrogen) atoms. The molecule has 0 unspecified atom stereocenters. The number of aryl methyl sites for hydroxylation is 2. The van der Waals surface area contributed by atoms with Crippen molar-refractivity contribution >= 4 is 11.7 Å². The summed E-state index contributed by atoms with van der Waals surface area (Å²) in [5, 5.41) is 7.11. The molecule has 0 aliphatic heterocycles. The van der Waals surface area contributed by atoms with Gasteiger partial charge in [-0.1, -0.05) is 18.2 Å². The molecule has 0 fully saturated rings. The second-order valence-electron chi connectivity index (χ2n) is 5.68. The van der Waals surface area contributed by atoms with Gasteiger partial charge < -0.3 is 10.1 Å². The minimum Gasteiger partial charge on any atom is -0.496 e. The van der Waals surface area contributed by atoms with Crippen molar-refractivity contribution in [3.05, 3.63) is 41.6 Å². The van der Waals surface area contributed by atoms with Gasteiger partial charge >= 0.3 is 0 Å². The van der Waals surface area contributed by atoms with Crippen LogP contribution in [-0.4, -0.2) is 41.3 Å². The van der Waals surface area contributed by atoms with E-state index in [2.05, 4.69) is 17.3 Å². The maximum absolute atomic E-state index is 12.2. The van der Waals surface area contributed by atoms with Gasteiger partial charge in [0.1, 0.15) is 11.6 Å². The Hall–Kier alpha value is -2.34. The number of aromatic nitrogens is 2. The van der Waals surface area contributed by atoms with Crippen molar-refractivity contribution in [2.45, 2.75) is 19.9 Å². The molecule has 0 radical (unpaired) electrons. The van der Waals surface area contributed by atoms with E-state index in [1.165, 1.54) is 0 Å². The van der Waals surface area contributed by atoms with Crippen molar-refractivity contribution in [3.63, 3.8) is 0 Å². The number of ether oxygens (including phenoxy) is 1. The Kier molecular flexibility index (Phi) is 5.39. The van der Waals surface area contributed by atoms with Gasteiger partial charge in [0.25, 0.3) is 0 Å². The number of methoxy groups -OCH3 is 1. The molecular formula is C17H24N4O2. The van der Waals surface area contributed by atoms with E-state index in [0.29, 0.717) is 5.82 Å². The van der Waals surface area contributed by atoms with E-state index in [-0.39, 0.29) is 18.5 Å². The highest BCUT2D eigenvalue weighted by Crippen LogP contribution is 2.27. The third-order valence-electron chi connectivity index (χ3n) is 3.91. The molecule has 6 heteroatoms. The third kappa shape index (κ3) is 4.10. The second-order valence-corrected chi connectivity index (χ2v) is 5.68. The predicted molar refractivity (Wildman–Crippen MR) is 90.6 cm³/mol. The Labute approximate surface area is 137 Å². The fourth-order valence-corrected chi connectivity index (χ4v) is 2.52. The van der Waals surface area contributed by atoms with Crippen molar-refractivity contribution in [2.24, 2.45) is 7.05 Å². The number of anilines is 1. The van der Waals surface area contributed by atoms with Crippen LogP contribution >= 0.6 is 0 Å². The Morgan fingerprint density at radius 1 is 1.43 bits per heavy atom. The van der Waals surface area contributed by atoms with Gasteiger partial charge in [0.2, 0.25) is 5.91 Å². The standard InChI is InChI=1S/C17H24N4O2/c1-12-10-16(21(4)19-12)18-17(22)11-20(3)13(2)14-8-6-7-9-15(14)23-5/h6-10,13H,11H2,1-5H3,(H,18,22)/t13-/m0/s1. The molecule has 2 rings (SSSR count). The predicted octanol–water partition coefficient (Wildman–Crippen LogP) is 2.37. The number of rotatable bonds is 6. The van der Waals surface area contributed by atoms with Crippen LogP contribution in [0, 0.1) is 6.92 Å². The molecule has 1 N–H and O–H groups in total. The molecule has 124 valence electrons. The number of amides is 1. The number of hydrogen-bond acceptors (Lipinski definition) is 4. The smallest absolute Gasteiger partial charge is 0.239 e. The molecule has 1 atom stereocenters. The molecule has 1 aromatic heterocycles. The number of likely N-dealkylation sites (N-methyl/N-ethyl adjacent to an activating group) is 1. The van der Waals surface area contributed by atoms with Gasteiger partial charge in [-0.3, -0.25) is 14.4 Å². The highest BCUT2D eigenvalue weighted by molar-refractivity contribution is 5.91. The molecular weight excluding hydrogens is 292 g/mol. The van der Waals surface area contributed by atoms with E-state index in [4.69, 9.17) is 4.74 Å². The van der Waals surface area contributed by atoms with E-state index >= 15 is 0 Å². The Morgan fingerprint density at radius 3 is 2.74 bits per heavy atom. The van der Waals surface area contributed by atoms with Gasteiger partial charge in [-0.15, -0.1) is 0 Å². The average molecular weight is 316 g/mol. The summed E-state index contributed by atoms with van der Waals surface area (Å²) in [6.07, 6.45) is 0. The van der Waals surface area contributed by atoms with Gasteiger partial charge in [-0.2, -0.15) is 5.10 Å². The number of hydrogen-bond donors (Lipinski definition) is 1. The third-order valence-corrected chi connectivity index (χ3v) is 3.91. The molecule has 0 spiro atoms. The zero-order valence-corrected chi connectivity index (χ0v) is 14.3. The van der Waals surface area contributed by atoms with Crippen LogP contribution in [0.15, 0.2) is 30.3 Å². The maximum atomic E-state index is 12.2. The summed E-state index contributed by atoms with van der Waals surface area (Å²) < 4.78 is 7.06. The van der Waals surface area contributed by atoms with Crippen molar-refractivity contribution < 1.29 is 9.53 Å². The van der Waals surface area contributed by atoms with Crippen molar-refractivity contribution in [3.8, 4) is 5.75 Å². The van der Waals surface area contributed by atoms with E-state index in [0.717, 1.165) is 17.0 Å². The number of nitrogens with zero attached hydrogens (tertiary/aromatic N) is 3. The van der Waals surface area contributed by atoms with Gasteiger partial charge in [0, 0.05) is 24.7 Å². The fourth-order valence-electron chi connectivity index (χ4n) is 2.52.